The van der Waals surface area contributed by atoms with E-state index < -0.39 is 5.97 Å². The molecule has 120 valence electrons. The van der Waals surface area contributed by atoms with Gasteiger partial charge in [-0.2, -0.15) is 0 Å². The third-order valence-electron chi connectivity index (χ3n) is 3.50. The van der Waals surface area contributed by atoms with Crippen LogP contribution in [-0.4, -0.2) is 41.1 Å². The predicted octanol–water partition coefficient (Wildman–Crippen LogP) is 2.70. The third-order valence-corrected chi connectivity index (χ3v) is 4.56. The largest absolute Gasteiger partial charge is 0.478 e. The zero-order valence-corrected chi connectivity index (χ0v) is 13.9. The van der Waals surface area contributed by atoms with Crippen LogP contribution in [0.3, 0.4) is 0 Å². The van der Waals surface area contributed by atoms with Gasteiger partial charge in [0.05, 0.1) is 27.9 Å². The predicted molar refractivity (Wildman–Crippen MR) is 87.9 cm³/mol. The Hall–Kier alpha value is -1.60. The highest BCUT2D eigenvalue weighted by Crippen LogP contribution is 2.28. The van der Waals surface area contributed by atoms with Crippen molar-refractivity contribution in [2.24, 2.45) is 0 Å². The minimum absolute atomic E-state index is 0.0590. The van der Waals surface area contributed by atoms with Gasteiger partial charge in [-0.3, -0.25) is 4.79 Å². The molecule has 0 saturated carbocycles. The average Bonchev–Trinajstić information content (AvgIpc) is 2.45. The van der Waals surface area contributed by atoms with E-state index in [2.05, 4.69) is 26.6 Å². The highest BCUT2D eigenvalue weighted by molar-refractivity contribution is 9.10. The highest BCUT2D eigenvalue weighted by Gasteiger charge is 2.22. The summed E-state index contributed by atoms with van der Waals surface area (Å²) in [7, 11) is 0. The lowest BCUT2D eigenvalue weighted by molar-refractivity contribution is -0.115. The molecule has 0 aromatic heterocycles. The number of anilines is 2. The molecular weight excluding hydrogens is 352 g/mol. The smallest absolute Gasteiger partial charge is 0.337 e. The van der Waals surface area contributed by atoms with Crippen LogP contribution in [0.2, 0.25) is 0 Å². The van der Waals surface area contributed by atoms with E-state index in [9.17, 15) is 14.7 Å². The van der Waals surface area contributed by atoms with Crippen LogP contribution in [0.5, 0.6) is 0 Å². The molecule has 0 aliphatic carbocycles. The van der Waals surface area contributed by atoms with E-state index in [0.29, 0.717) is 18.7 Å². The van der Waals surface area contributed by atoms with E-state index in [4.69, 9.17) is 4.74 Å². The summed E-state index contributed by atoms with van der Waals surface area (Å²) in [5.74, 6) is -1.35. The van der Waals surface area contributed by atoms with Crippen LogP contribution in [0.15, 0.2) is 18.2 Å². The fourth-order valence-corrected chi connectivity index (χ4v) is 2.18. The molecule has 1 saturated heterocycles. The number of ether oxygens (including phenoxy) is 1. The number of carbonyl (C=O) groups is 2. The SMILES string of the molecule is CC[C@@H](Br)C(=O)Nc1c(NC[C@@H]2CCO2)cccc1C(=O)O. The van der Waals surface area contributed by atoms with Gasteiger partial charge in [0.25, 0.3) is 0 Å². The van der Waals surface area contributed by atoms with Gasteiger partial charge in [-0.15, -0.1) is 0 Å². The summed E-state index contributed by atoms with van der Waals surface area (Å²) in [6.45, 7) is 3.21. The minimum atomic E-state index is -1.08. The van der Waals surface area contributed by atoms with Crippen molar-refractivity contribution in [1.29, 1.82) is 0 Å². The number of carboxylic acid groups (broad SMARTS) is 1. The zero-order chi connectivity index (χ0) is 16.1. The summed E-state index contributed by atoms with van der Waals surface area (Å²) in [6.07, 6.45) is 1.73. The monoisotopic (exact) mass is 370 g/mol. The summed E-state index contributed by atoms with van der Waals surface area (Å²) < 4.78 is 5.33. The number of amides is 1. The molecule has 2 rings (SSSR count). The normalized spacial score (nSPS) is 18.2. The Morgan fingerprint density at radius 1 is 1.50 bits per heavy atom. The number of halogens is 1. The van der Waals surface area contributed by atoms with E-state index in [1.807, 2.05) is 6.92 Å². The van der Waals surface area contributed by atoms with Crippen molar-refractivity contribution < 1.29 is 19.4 Å². The van der Waals surface area contributed by atoms with Crippen LogP contribution >= 0.6 is 15.9 Å². The summed E-state index contributed by atoms with van der Waals surface area (Å²) in [5.41, 5.74) is 0.931. The summed E-state index contributed by atoms with van der Waals surface area (Å²) in [4.78, 5) is 23.1. The zero-order valence-electron chi connectivity index (χ0n) is 12.3. The first-order valence-electron chi connectivity index (χ1n) is 7.19. The second-order valence-corrected chi connectivity index (χ2v) is 6.17. The molecule has 3 N–H and O–H groups in total. The molecule has 2 atom stereocenters. The van der Waals surface area contributed by atoms with Crippen molar-refractivity contribution >= 4 is 39.2 Å². The first-order valence-corrected chi connectivity index (χ1v) is 8.11. The average molecular weight is 371 g/mol. The van der Waals surface area contributed by atoms with Gasteiger partial charge in [0, 0.05) is 13.2 Å². The van der Waals surface area contributed by atoms with E-state index in [-0.39, 0.29) is 28.1 Å². The fraction of sp³-hybridized carbons (Fsp3) is 0.467. The Balaban J connectivity index is 2.21. The lowest BCUT2D eigenvalue weighted by Gasteiger charge is -2.27. The number of alkyl halides is 1. The van der Waals surface area contributed by atoms with Crippen molar-refractivity contribution in [3.8, 4) is 0 Å². The van der Waals surface area contributed by atoms with Gasteiger partial charge >= 0.3 is 5.97 Å². The molecule has 0 radical (unpaired) electrons. The molecule has 1 aliphatic rings. The molecule has 1 aromatic rings. The summed E-state index contributed by atoms with van der Waals surface area (Å²) in [6, 6.07) is 4.86. The first-order chi connectivity index (χ1) is 10.5. The van der Waals surface area contributed by atoms with Gasteiger partial charge < -0.3 is 20.5 Å². The maximum absolute atomic E-state index is 12.1. The minimum Gasteiger partial charge on any atom is -0.478 e. The second-order valence-electron chi connectivity index (χ2n) is 5.06. The Kier molecular flexibility index (Phi) is 5.79. The Morgan fingerprint density at radius 3 is 2.77 bits per heavy atom. The molecule has 0 unspecified atom stereocenters. The van der Waals surface area contributed by atoms with Crippen molar-refractivity contribution in [1.82, 2.24) is 0 Å². The molecule has 1 amide bonds. The standard InChI is InChI=1S/C15H19BrN2O4/c1-2-11(16)14(19)18-13-10(15(20)21)4-3-5-12(13)17-8-9-6-7-22-9/h3-5,9,11,17H,2,6-8H2,1H3,(H,18,19)(H,20,21)/t9-,11+/m0/s1. The van der Waals surface area contributed by atoms with Crippen LogP contribution in [-0.2, 0) is 9.53 Å². The third kappa shape index (κ3) is 3.98. The number of nitrogens with one attached hydrogen (secondary N) is 2. The number of hydrogen-bond donors (Lipinski definition) is 3. The van der Waals surface area contributed by atoms with Gasteiger partial charge in [0.15, 0.2) is 0 Å². The molecule has 1 aromatic carbocycles. The summed E-state index contributed by atoms with van der Waals surface area (Å²) in [5, 5.41) is 15.2. The van der Waals surface area contributed by atoms with E-state index in [0.717, 1.165) is 13.0 Å². The number of rotatable bonds is 7. The summed E-state index contributed by atoms with van der Waals surface area (Å²) >= 11 is 3.27. The molecule has 0 bridgehead atoms. The van der Waals surface area contributed by atoms with E-state index >= 15 is 0 Å². The molecule has 0 spiro atoms. The maximum Gasteiger partial charge on any atom is 0.337 e. The van der Waals surface area contributed by atoms with Crippen LogP contribution in [0.4, 0.5) is 11.4 Å². The topological polar surface area (TPSA) is 87.7 Å². The lowest BCUT2D eigenvalue weighted by atomic mass is 10.1. The fourth-order valence-electron chi connectivity index (χ4n) is 2.07. The Morgan fingerprint density at radius 2 is 2.23 bits per heavy atom. The number of benzene rings is 1. The van der Waals surface area contributed by atoms with Gasteiger partial charge in [-0.25, -0.2) is 4.79 Å². The van der Waals surface area contributed by atoms with Crippen LogP contribution in [0.25, 0.3) is 0 Å². The van der Waals surface area contributed by atoms with E-state index in [1.54, 1.807) is 12.1 Å². The van der Waals surface area contributed by atoms with Crippen molar-refractivity contribution in [2.45, 2.75) is 30.7 Å². The van der Waals surface area contributed by atoms with Crippen molar-refractivity contribution in [3.05, 3.63) is 23.8 Å². The van der Waals surface area contributed by atoms with Crippen molar-refractivity contribution in [3.63, 3.8) is 0 Å². The van der Waals surface area contributed by atoms with E-state index in [1.165, 1.54) is 6.07 Å². The lowest BCUT2D eigenvalue weighted by Crippen LogP contribution is -2.34. The first kappa shape index (κ1) is 16.8. The van der Waals surface area contributed by atoms with Gasteiger partial charge in [-0.05, 0) is 25.0 Å². The van der Waals surface area contributed by atoms with Crippen LogP contribution in [0, 0.1) is 0 Å². The van der Waals surface area contributed by atoms with Gasteiger partial charge in [-0.1, -0.05) is 28.9 Å². The quantitative estimate of drug-likeness (QED) is 0.642. The maximum atomic E-state index is 12.1. The van der Waals surface area contributed by atoms with Crippen molar-refractivity contribution in [2.75, 3.05) is 23.8 Å². The number of para-hydroxylation sites is 1. The number of aromatic carboxylic acids is 1. The molecule has 6 nitrogen and oxygen atoms in total. The Labute approximate surface area is 137 Å². The van der Waals surface area contributed by atoms with Gasteiger partial charge in [0.2, 0.25) is 5.91 Å². The van der Waals surface area contributed by atoms with Crippen LogP contribution in [0.1, 0.15) is 30.1 Å². The highest BCUT2D eigenvalue weighted by atomic mass is 79.9. The molecule has 1 aliphatic heterocycles. The molecular formula is C15H19BrN2O4. The molecule has 7 heteroatoms. The Bertz CT molecular complexity index is 560. The molecule has 22 heavy (non-hydrogen) atoms. The number of carboxylic acids is 1. The van der Waals surface area contributed by atoms with Gasteiger partial charge in [0.1, 0.15) is 0 Å². The number of hydrogen-bond acceptors (Lipinski definition) is 4. The molecule has 1 heterocycles. The number of carbonyl (C=O) groups excluding carboxylic acids is 1. The van der Waals surface area contributed by atoms with Crippen LogP contribution < -0.4 is 10.6 Å². The molecule has 1 fully saturated rings. The second kappa shape index (κ2) is 7.60.